The van der Waals surface area contributed by atoms with Gasteiger partial charge in [0, 0.05) is 10.2 Å². The molecule has 0 heterocycles. The second kappa shape index (κ2) is 3.34. The normalized spacial score (nSPS) is 14.6. The van der Waals surface area contributed by atoms with Gasteiger partial charge in [0.25, 0.3) is 0 Å². The first-order valence-corrected chi connectivity index (χ1v) is 6.66. The van der Waals surface area contributed by atoms with Gasteiger partial charge >= 0.3 is 0 Å². The lowest BCUT2D eigenvalue weighted by Gasteiger charge is -2.24. The fourth-order valence-electron chi connectivity index (χ4n) is 0. The topological polar surface area (TPSA) is 0 Å². The molecule has 0 saturated heterocycles. The fourth-order valence-corrected chi connectivity index (χ4v) is 0. The van der Waals surface area contributed by atoms with E-state index in [1.165, 1.54) is 0 Å². The van der Waals surface area contributed by atoms with Crippen LogP contribution in [-0.4, -0.2) is 15.2 Å². The summed E-state index contributed by atoms with van der Waals surface area (Å²) in [5, 5.41) is 0. The Hall–Kier alpha value is 2.62. The first-order valence-electron chi connectivity index (χ1n) is 1.69. The first-order chi connectivity index (χ1) is 3.25. The minimum atomic E-state index is -0.230. The number of rotatable bonds is 0. The standard InChI is InChI=1S/C2H3Br5Si/c3-1(4,5)2(6,7)8/h8H3. The monoisotopic (exact) mass is 450 g/mol. The van der Waals surface area contributed by atoms with Gasteiger partial charge in [-0.3, -0.25) is 0 Å². The molecule has 0 aromatic rings. The summed E-state index contributed by atoms with van der Waals surface area (Å²) < 4.78 is -0.279. The van der Waals surface area contributed by atoms with Crippen LogP contribution in [0, 0.1) is 0 Å². The van der Waals surface area contributed by atoms with Crippen LogP contribution in [0.5, 0.6) is 0 Å². The molecule has 0 rings (SSSR count). The molecule has 0 atom stereocenters. The van der Waals surface area contributed by atoms with Gasteiger partial charge in [0.2, 0.25) is 0 Å². The summed E-state index contributed by atoms with van der Waals surface area (Å²) in [5.74, 6) is 0. The van der Waals surface area contributed by atoms with E-state index in [0.29, 0.717) is 0 Å². The van der Waals surface area contributed by atoms with Crippen LogP contribution in [0.3, 0.4) is 0 Å². The predicted octanol–water partition coefficient (Wildman–Crippen LogP) is 2.63. The summed E-state index contributed by atoms with van der Waals surface area (Å²) in [7, 11) is 0.980. The van der Waals surface area contributed by atoms with E-state index in [9.17, 15) is 0 Å². The molecule has 0 saturated carbocycles. The number of hydrogen-bond acceptors (Lipinski definition) is 0. The minimum Gasteiger partial charge on any atom is -0.0743 e. The van der Waals surface area contributed by atoms with Crippen molar-refractivity contribution in [2.75, 3.05) is 0 Å². The highest BCUT2D eigenvalue weighted by Crippen LogP contribution is 2.50. The molecule has 0 unspecified atom stereocenters. The summed E-state index contributed by atoms with van der Waals surface area (Å²) in [6.07, 6.45) is 0. The molecular formula is C2H3Br5Si. The van der Waals surface area contributed by atoms with E-state index in [2.05, 4.69) is 79.6 Å². The van der Waals surface area contributed by atoms with Crippen LogP contribution in [-0.2, 0) is 0 Å². The molecule has 8 heavy (non-hydrogen) atoms. The van der Waals surface area contributed by atoms with Gasteiger partial charge in [-0.2, -0.15) is 0 Å². The second-order valence-corrected chi connectivity index (χ2v) is 16.8. The molecule has 50 valence electrons. The molecule has 0 aliphatic carbocycles. The van der Waals surface area contributed by atoms with Gasteiger partial charge < -0.3 is 0 Å². The maximum atomic E-state index is 3.44. The van der Waals surface area contributed by atoms with Crippen molar-refractivity contribution >= 4 is 89.9 Å². The van der Waals surface area contributed by atoms with E-state index in [4.69, 9.17) is 0 Å². The highest BCUT2D eigenvalue weighted by molar-refractivity contribution is 9.41. The average molecular weight is 455 g/mol. The van der Waals surface area contributed by atoms with Gasteiger partial charge in [-0.15, -0.1) is 0 Å². The molecule has 0 nitrogen and oxygen atoms in total. The van der Waals surface area contributed by atoms with Crippen LogP contribution in [0.1, 0.15) is 0 Å². The Kier molecular flexibility index (Phi) is 4.44. The maximum absolute atomic E-state index is 3.44. The molecule has 0 radical (unpaired) electrons. The third-order valence-corrected chi connectivity index (χ3v) is 10.2. The van der Waals surface area contributed by atoms with Gasteiger partial charge in [-0.1, -0.05) is 79.6 Å². The Balaban J connectivity index is 4.02. The smallest absolute Gasteiger partial charge is 0.0743 e. The Morgan fingerprint density at radius 3 is 1.00 bits per heavy atom. The van der Waals surface area contributed by atoms with Crippen LogP contribution < -0.4 is 0 Å². The lowest BCUT2D eigenvalue weighted by atomic mass is 10.9. The van der Waals surface area contributed by atoms with Gasteiger partial charge in [0.1, 0.15) is 0 Å². The molecule has 0 N–H and O–H groups in total. The third kappa shape index (κ3) is 3.70. The molecule has 6 heteroatoms. The number of hydrogen-bond donors (Lipinski definition) is 0. The van der Waals surface area contributed by atoms with Crippen LogP contribution in [0.25, 0.3) is 0 Å². The van der Waals surface area contributed by atoms with Crippen LogP contribution in [0.15, 0.2) is 0 Å². The fraction of sp³-hybridized carbons (Fsp3) is 1.00. The highest BCUT2D eigenvalue weighted by Gasteiger charge is 2.37. The van der Waals surface area contributed by atoms with E-state index < -0.39 is 0 Å². The van der Waals surface area contributed by atoms with Gasteiger partial charge in [-0.05, 0) is 0 Å². The SMILES string of the molecule is [SiH3]C(Br)(Br)C(Br)(Br)Br. The number of halogens is 5. The van der Waals surface area contributed by atoms with Gasteiger partial charge in [0.15, 0.2) is 2.14 Å². The largest absolute Gasteiger partial charge is 0.156 e. The Labute approximate surface area is 93.6 Å². The van der Waals surface area contributed by atoms with Crippen molar-refractivity contribution in [2.45, 2.75) is 5.00 Å². The number of alkyl halides is 5. The summed E-state index contributed by atoms with van der Waals surface area (Å²) >= 11 is 17.0. The van der Waals surface area contributed by atoms with Gasteiger partial charge in [0.05, 0.1) is 2.86 Å². The van der Waals surface area contributed by atoms with Crippen molar-refractivity contribution in [3.63, 3.8) is 0 Å². The molecule has 0 aliphatic rings. The lowest BCUT2D eigenvalue weighted by molar-refractivity contribution is 1.29. The van der Waals surface area contributed by atoms with Crippen molar-refractivity contribution in [1.29, 1.82) is 0 Å². The lowest BCUT2D eigenvalue weighted by Crippen LogP contribution is -2.27. The Morgan fingerprint density at radius 2 is 1.00 bits per heavy atom. The van der Waals surface area contributed by atoms with Crippen LogP contribution in [0.2, 0.25) is 0 Å². The second-order valence-electron chi connectivity index (χ2n) is 1.39. The zero-order valence-corrected chi connectivity index (χ0v) is 13.8. The Morgan fingerprint density at radius 1 is 0.875 bits per heavy atom. The molecule has 0 aromatic heterocycles. The van der Waals surface area contributed by atoms with Crippen molar-refractivity contribution in [2.24, 2.45) is 0 Å². The van der Waals surface area contributed by atoms with Crippen molar-refractivity contribution in [3.05, 3.63) is 0 Å². The van der Waals surface area contributed by atoms with Crippen LogP contribution >= 0.6 is 79.6 Å². The summed E-state index contributed by atoms with van der Waals surface area (Å²) in [4.78, 5) is 0. The van der Waals surface area contributed by atoms with E-state index in [-0.39, 0.29) is 5.00 Å². The Bertz CT molecular complexity index is 65.4. The summed E-state index contributed by atoms with van der Waals surface area (Å²) in [6, 6.07) is 0. The van der Waals surface area contributed by atoms with Crippen molar-refractivity contribution in [3.8, 4) is 0 Å². The van der Waals surface area contributed by atoms with E-state index >= 15 is 0 Å². The van der Waals surface area contributed by atoms with Gasteiger partial charge in [-0.25, -0.2) is 0 Å². The third-order valence-electron chi connectivity index (χ3n) is 0.498. The molecular weight excluding hydrogens is 452 g/mol. The van der Waals surface area contributed by atoms with Crippen LogP contribution in [0.4, 0.5) is 0 Å². The molecule has 0 fully saturated rings. The summed E-state index contributed by atoms with van der Waals surface area (Å²) in [5.41, 5.74) is 0. The quantitative estimate of drug-likeness (QED) is 0.390. The zero-order valence-electron chi connectivity index (χ0n) is 3.89. The van der Waals surface area contributed by atoms with E-state index in [1.54, 1.807) is 0 Å². The predicted molar refractivity (Wildman–Crippen MR) is 60.0 cm³/mol. The molecule has 0 aromatic carbocycles. The molecule has 0 aliphatic heterocycles. The summed E-state index contributed by atoms with van der Waals surface area (Å²) in [6.45, 7) is 0. The molecule has 0 amide bonds. The van der Waals surface area contributed by atoms with Crippen molar-refractivity contribution < 1.29 is 0 Å². The molecule has 0 spiro atoms. The zero-order chi connectivity index (χ0) is 7.00. The van der Waals surface area contributed by atoms with E-state index in [1.807, 2.05) is 0 Å². The van der Waals surface area contributed by atoms with E-state index in [0.717, 1.165) is 10.2 Å². The highest BCUT2D eigenvalue weighted by atomic mass is 80.0. The molecule has 0 bridgehead atoms. The first kappa shape index (κ1) is 10.6. The minimum absolute atomic E-state index is 0.0486. The van der Waals surface area contributed by atoms with Crippen molar-refractivity contribution in [1.82, 2.24) is 0 Å². The maximum Gasteiger partial charge on any atom is 0.156 e. The average Bonchev–Trinajstić information content (AvgIpc) is 1.25.